The van der Waals surface area contributed by atoms with Crippen molar-refractivity contribution in [1.29, 1.82) is 0 Å². The van der Waals surface area contributed by atoms with Crippen LogP contribution >= 0.6 is 0 Å². The number of carbonyl (C=O) groups excluding carboxylic acids is 1. The summed E-state index contributed by atoms with van der Waals surface area (Å²) in [5, 5.41) is 0. The highest BCUT2D eigenvalue weighted by atomic mass is 32.2. The van der Waals surface area contributed by atoms with Crippen molar-refractivity contribution in [2.45, 2.75) is 31.6 Å². The van der Waals surface area contributed by atoms with Gasteiger partial charge in [-0.15, -0.1) is 0 Å². The molecule has 1 saturated heterocycles. The molecule has 0 aromatic carbocycles. The standard InChI is InChI=1S/C15H24N4O3S/c1-3-19(4-2)23(21,22)13-7-8-14(17-10-13)18-9-5-6-12(11-18)15(16)20/h7-8,10,12H,3-6,9,11H2,1-2H3,(H2,16,20)/t12-/m0/s1. The van der Waals surface area contributed by atoms with Crippen molar-refractivity contribution in [3.8, 4) is 0 Å². The van der Waals surface area contributed by atoms with Crippen molar-refractivity contribution in [1.82, 2.24) is 9.29 Å². The Hall–Kier alpha value is -1.67. The third kappa shape index (κ3) is 3.81. The second-order valence-electron chi connectivity index (χ2n) is 5.63. The quantitative estimate of drug-likeness (QED) is 0.827. The number of aromatic nitrogens is 1. The van der Waals surface area contributed by atoms with E-state index in [1.54, 1.807) is 26.0 Å². The molecule has 0 saturated carbocycles. The molecule has 8 heteroatoms. The van der Waals surface area contributed by atoms with Gasteiger partial charge in [0.25, 0.3) is 0 Å². The lowest BCUT2D eigenvalue weighted by atomic mass is 9.97. The van der Waals surface area contributed by atoms with E-state index in [4.69, 9.17) is 5.73 Å². The van der Waals surface area contributed by atoms with Crippen LogP contribution in [0.3, 0.4) is 0 Å². The van der Waals surface area contributed by atoms with Crippen molar-refractivity contribution in [2.75, 3.05) is 31.1 Å². The number of hydrogen-bond donors (Lipinski definition) is 1. The smallest absolute Gasteiger partial charge is 0.244 e. The van der Waals surface area contributed by atoms with E-state index in [9.17, 15) is 13.2 Å². The molecule has 1 aromatic heterocycles. The number of sulfonamides is 1. The van der Waals surface area contributed by atoms with Crippen LogP contribution in [0.2, 0.25) is 0 Å². The van der Waals surface area contributed by atoms with Crippen LogP contribution < -0.4 is 10.6 Å². The number of rotatable bonds is 6. The molecule has 0 aliphatic carbocycles. The molecule has 1 fully saturated rings. The van der Waals surface area contributed by atoms with Gasteiger partial charge in [-0.1, -0.05) is 13.8 Å². The summed E-state index contributed by atoms with van der Waals surface area (Å²) in [5.41, 5.74) is 5.38. The van der Waals surface area contributed by atoms with Gasteiger partial charge < -0.3 is 10.6 Å². The van der Waals surface area contributed by atoms with Gasteiger partial charge >= 0.3 is 0 Å². The Kier molecular flexibility index (Phi) is 5.59. The second kappa shape index (κ2) is 7.27. The summed E-state index contributed by atoms with van der Waals surface area (Å²) >= 11 is 0. The number of hydrogen-bond acceptors (Lipinski definition) is 5. The highest BCUT2D eigenvalue weighted by molar-refractivity contribution is 7.89. The average molecular weight is 340 g/mol. The highest BCUT2D eigenvalue weighted by Gasteiger charge is 2.26. The molecule has 23 heavy (non-hydrogen) atoms. The summed E-state index contributed by atoms with van der Waals surface area (Å²) in [4.78, 5) is 17.8. The number of piperidine rings is 1. The lowest BCUT2D eigenvalue weighted by Crippen LogP contribution is -2.41. The summed E-state index contributed by atoms with van der Waals surface area (Å²) < 4.78 is 26.3. The fraction of sp³-hybridized carbons (Fsp3) is 0.600. The maximum Gasteiger partial charge on any atom is 0.244 e. The van der Waals surface area contributed by atoms with Gasteiger partial charge in [-0.25, -0.2) is 13.4 Å². The zero-order valence-corrected chi connectivity index (χ0v) is 14.4. The van der Waals surface area contributed by atoms with Crippen molar-refractivity contribution < 1.29 is 13.2 Å². The van der Waals surface area contributed by atoms with Gasteiger partial charge in [0, 0.05) is 32.4 Å². The maximum absolute atomic E-state index is 12.4. The monoisotopic (exact) mass is 340 g/mol. The van der Waals surface area contributed by atoms with E-state index in [0.717, 1.165) is 19.4 Å². The minimum atomic E-state index is -3.49. The van der Waals surface area contributed by atoms with E-state index in [2.05, 4.69) is 4.98 Å². The molecule has 0 spiro atoms. The SMILES string of the molecule is CCN(CC)S(=O)(=O)c1ccc(N2CCC[C@H](C(N)=O)C2)nc1. The van der Waals surface area contributed by atoms with Gasteiger partial charge in [-0.3, -0.25) is 4.79 Å². The lowest BCUT2D eigenvalue weighted by molar-refractivity contribution is -0.122. The molecule has 0 bridgehead atoms. The molecular weight excluding hydrogens is 316 g/mol. The zero-order valence-electron chi connectivity index (χ0n) is 13.6. The van der Waals surface area contributed by atoms with E-state index in [-0.39, 0.29) is 16.7 Å². The lowest BCUT2D eigenvalue weighted by Gasteiger charge is -2.32. The van der Waals surface area contributed by atoms with Gasteiger partial charge in [-0.05, 0) is 25.0 Å². The first-order valence-corrected chi connectivity index (χ1v) is 9.34. The van der Waals surface area contributed by atoms with Crippen molar-refractivity contribution in [3.63, 3.8) is 0 Å². The highest BCUT2D eigenvalue weighted by Crippen LogP contribution is 2.23. The van der Waals surface area contributed by atoms with Crippen molar-refractivity contribution in [3.05, 3.63) is 18.3 Å². The molecule has 2 rings (SSSR count). The number of nitrogens with zero attached hydrogens (tertiary/aromatic N) is 3. The number of pyridine rings is 1. The first kappa shape index (κ1) is 17.7. The van der Waals surface area contributed by atoms with Crippen LogP contribution in [0.4, 0.5) is 5.82 Å². The first-order chi connectivity index (χ1) is 10.9. The van der Waals surface area contributed by atoms with E-state index in [1.165, 1.54) is 10.5 Å². The molecule has 1 aliphatic rings. The summed E-state index contributed by atoms with van der Waals surface area (Å²) in [6.45, 7) is 5.78. The fourth-order valence-electron chi connectivity index (χ4n) is 2.84. The Balaban J connectivity index is 2.18. The van der Waals surface area contributed by atoms with E-state index >= 15 is 0 Å². The topological polar surface area (TPSA) is 96.6 Å². The van der Waals surface area contributed by atoms with Crippen LogP contribution in [0.15, 0.2) is 23.2 Å². The van der Waals surface area contributed by atoms with Gasteiger partial charge in [0.05, 0.1) is 5.92 Å². The number of amides is 1. The van der Waals surface area contributed by atoms with Crippen LogP contribution in [0.1, 0.15) is 26.7 Å². The Labute approximate surface area is 137 Å². The minimum absolute atomic E-state index is 0.176. The predicted octanol–water partition coefficient (Wildman–Crippen LogP) is 0.814. The zero-order chi connectivity index (χ0) is 17.0. The van der Waals surface area contributed by atoms with Crippen LogP contribution in [0.5, 0.6) is 0 Å². The largest absolute Gasteiger partial charge is 0.369 e. The second-order valence-corrected chi connectivity index (χ2v) is 7.57. The summed E-state index contributed by atoms with van der Waals surface area (Å²) in [6, 6.07) is 3.27. The number of anilines is 1. The predicted molar refractivity (Wildman–Crippen MR) is 88.5 cm³/mol. The van der Waals surface area contributed by atoms with Crippen molar-refractivity contribution >= 4 is 21.7 Å². The molecule has 0 unspecified atom stereocenters. The van der Waals surface area contributed by atoms with Crippen LogP contribution in [0.25, 0.3) is 0 Å². The van der Waals surface area contributed by atoms with Gasteiger partial charge in [-0.2, -0.15) is 4.31 Å². The molecule has 2 heterocycles. The summed E-state index contributed by atoms with van der Waals surface area (Å²) in [5.74, 6) is 0.203. The Morgan fingerprint density at radius 2 is 2.09 bits per heavy atom. The summed E-state index contributed by atoms with van der Waals surface area (Å²) in [7, 11) is -3.49. The molecule has 128 valence electrons. The number of carbonyl (C=O) groups is 1. The average Bonchev–Trinajstić information content (AvgIpc) is 2.56. The van der Waals surface area contributed by atoms with Crippen molar-refractivity contribution in [2.24, 2.45) is 11.7 Å². The van der Waals surface area contributed by atoms with E-state index in [1.807, 2.05) is 4.90 Å². The van der Waals surface area contributed by atoms with Gasteiger partial charge in [0.2, 0.25) is 15.9 Å². The first-order valence-electron chi connectivity index (χ1n) is 7.90. The Bertz CT molecular complexity index is 641. The van der Waals surface area contributed by atoms with Gasteiger partial charge in [0.15, 0.2) is 0 Å². The molecular formula is C15H24N4O3S. The molecule has 1 aliphatic heterocycles. The number of nitrogens with two attached hydrogens (primary N) is 1. The third-order valence-electron chi connectivity index (χ3n) is 4.21. The van der Waals surface area contributed by atoms with Gasteiger partial charge in [0.1, 0.15) is 10.7 Å². The maximum atomic E-state index is 12.4. The molecule has 1 amide bonds. The third-order valence-corrected chi connectivity index (χ3v) is 6.25. The van der Waals surface area contributed by atoms with Crippen LogP contribution in [-0.4, -0.2) is 49.8 Å². The molecule has 2 N–H and O–H groups in total. The molecule has 1 atom stereocenters. The fourth-order valence-corrected chi connectivity index (χ4v) is 4.25. The molecule has 7 nitrogen and oxygen atoms in total. The minimum Gasteiger partial charge on any atom is -0.369 e. The normalized spacial score (nSPS) is 19.1. The Morgan fingerprint density at radius 3 is 2.61 bits per heavy atom. The molecule has 0 radical (unpaired) electrons. The number of primary amides is 1. The Morgan fingerprint density at radius 1 is 1.39 bits per heavy atom. The van der Waals surface area contributed by atoms with Crippen LogP contribution in [-0.2, 0) is 14.8 Å². The van der Waals surface area contributed by atoms with E-state index in [0.29, 0.717) is 25.5 Å². The van der Waals surface area contributed by atoms with Crippen LogP contribution in [0, 0.1) is 5.92 Å². The summed E-state index contributed by atoms with van der Waals surface area (Å²) in [6.07, 6.45) is 3.05. The van der Waals surface area contributed by atoms with E-state index < -0.39 is 10.0 Å². The molecule has 1 aromatic rings.